The zero-order valence-electron chi connectivity index (χ0n) is 15.0. The summed E-state index contributed by atoms with van der Waals surface area (Å²) in [6, 6.07) is 13.7. The van der Waals surface area contributed by atoms with Gasteiger partial charge in [0, 0.05) is 22.7 Å². The third kappa shape index (κ3) is 6.77. The number of hydrogen-bond acceptors (Lipinski definition) is 3. The van der Waals surface area contributed by atoms with Crippen molar-refractivity contribution < 1.29 is 9.47 Å². The molecule has 0 saturated carbocycles. The van der Waals surface area contributed by atoms with Gasteiger partial charge in [0.25, 0.3) is 0 Å². The van der Waals surface area contributed by atoms with Gasteiger partial charge in [-0.15, -0.1) is 12.4 Å². The van der Waals surface area contributed by atoms with Crippen LogP contribution >= 0.6 is 24.0 Å². The summed E-state index contributed by atoms with van der Waals surface area (Å²) >= 11 is 6.23. The molecular weight excluding hydrogens is 357 g/mol. The molecule has 2 aromatic carbocycles. The Balaban J connectivity index is 0.00000312. The molecule has 1 N–H and O–H groups in total. The Hall–Kier alpha value is -1.42. The van der Waals surface area contributed by atoms with Crippen LogP contribution in [0, 0.1) is 5.92 Å². The Bertz CT molecular complexity index is 647. The zero-order chi connectivity index (χ0) is 17.4. The standard InChI is InChI=1S/C20H26ClNO2.ClH/c1-4-23-19-11-7-9-16(13-22-12-15(2)3)20(19)24-14-17-8-5-6-10-18(17)21;/h5-11,15,22H,4,12-14H2,1-3H3;1H. The summed E-state index contributed by atoms with van der Waals surface area (Å²) in [7, 11) is 0. The van der Waals surface area contributed by atoms with E-state index in [1.165, 1.54) is 0 Å². The Labute approximate surface area is 162 Å². The first kappa shape index (κ1) is 21.6. The smallest absolute Gasteiger partial charge is 0.166 e. The van der Waals surface area contributed by atoms with Crippen LogP contribution in [0.2, 0.25) is 5.02 Å². The first-order chi connectivity index (χ1) is 11.6. The van der Waals surface area contributed by atoms with E-state index in [0.717, 1.165) is 35.7 Å². The lowest BCUT2D eigenvalue weighted by molar-refractivity contribution is 0.266. The summed E-state index contributed by atoms with van der Waals surface area (Å²) in [6.45, 7) is 9.09. The van der Waals surface area contributed by atoms with Crippen LogP contribution in [-0.2, 0) is 13.2 Å². The van der Waals surface area contributed by atoms with E-state index in [4.69, 9.17) is 21.1 Å². The van der Waals surface area contributed by atoms with Crippen LogP contribution in [0.15, 0.2) is 42.5 Å². The van der Waals surface area contributed by atoms with Crippen LogP contribution < -0.4 is 14.8 Å². The van der Waals surface area contributed by atoms with E-state index < -0.39 is 0 Å². The van der Waals surface area contributed by atoms with Crippen molar-refractivity contribution >= 4 is 24.0 Å². The predicted octanol–water partition coefficient (Wildman–Crippen LogP) is 5.49. The second kappa shape index (κ2) is 11.2. The highest BCUT2D eigenvalue weighted by Crippen LogP contribution is 2.32. The number of para-hydroxylation sites is 1. The zero-order valence-corrected chi connectivity index (χ0v) is 16.6. The van der Waals surface area contributed by atoms with Crippen LogP contribution in [0.25, 0.3) is 0 Å². The molecule has 0 radical (unpaired) electrons. The van der Waals surface area contributed by atoms with Crippen LogP contribution in [0.4, 0.5) is 0 Å². The largest absolute Gasteiger partial charge is 0.490 e. The van der Waals surface area contributed by atoms with Crippen molar-refractivity contribution in [3.63, 3.8) is 0 Å². The molecule has 0 unspecified atom stereocenters. The molecule has 25 heavy (non-hydrogen) atoms. The van der Waals surface area contributed by atoms with Gasteiger partial charge in [-0.05, 0) is 31.5 Å². The summed E-state index contributed by atoms with van der Waals surface area (Å²) in [4.78, 5) is 0. The van der Waals surface area contributed by atoms with Gasteiger partial charge in [-0.25, -0.2) is 0 Å². The van der Waals surface area contributed by atoms with Crippen LogP contribution in [0.1, 0.15) is 31.9 Å². The maximum atomic E-state index is 6.23. The SMILES string of the molecule is CCOc1cccc(CNCC(C)C)c1OCc1ccccc1Cl.Cl. The lowest BCUT2D eigenvalue weighted by Gasteiger charge is -2.17. The number of rotatable bonds is 9. The van der Waals surface area contributed by atoms with Crippen molar-refractivity contribution in [3.05, 3.63) is 58.6 Å². The average Bonchev–Trinajstić information content (AvgIpc) is 2.55. The maximum Gasteiger partial charge on any atom is 0.166 e. The van der Waals surface area contributed by atoms with E-state index in [2.05, 4.69) is 25.2 Å². The fourth-order valence-electron chi connectivity index (χ4n) is 2.39. The van der Waals surface area contributed by atoms with E-state index in [0.29, 0.717) is 24.2 Å². The van der Waals surface area contributed by atoms with Crippen molar-refractivity contribution in [2.45, 2.75) is 33.9 Å². The highest BCUT2D eigenvalue weighted by atomic mass is 35.5. The molecular formula is C20H27Cl2NO2. The molecule has 138 valence electrons. The van der Waals surface area contributed by atoms with Gasteiger partial charge < -0.3 is 14.8 Å². The molecule has 0 bridgehead atoms. The fraction of sp³-hybridized carbons (Fsp3) is 0.400. The van der Waals surface area contributed by atoms with Gasteiger partial charge in [-0.2, -0.15) is 0 Å². The Morgan fingerprint density at radius 2 is 1.72 bits per heavy atom. The third-order valence-corrected chi connectivity index (χ3v) is 3.93. The molecule has 5 heteroatoms. The molecule has 0 aliphatic carbocycles. The van der Waals surface area contributed by atoms with E-state index in [1.807, 2.05) is 43.3 Å². The average molecular weight is 384 g/mol. The quantitative estimate of drug-likeness (QED) is 0.621. The second-order valence-electron chi connectivity index (χ2n) is 6.08. The molecule has 0 heterocycles. The Morgan fingerprint density at radius 3 is 2.40 bits per heavy atom. The van der Waals surface area contributed by atoms with Gasteiger partial charge in [0.05, 0.1) is 6.61 Å². The molecule has 0 spiro atoms. The summed E-state index contributed by atoms with van der Waals surface area (Å²) in [5.74, 6) is 2.16. The minimum absolute atomic E-state index is 0. The number of benzene rings is 2. The maximum absolute atomic E-state index is 6.23. The van der Waals surface area contributed by atoms with Crippen LogP contribution in [0.5, 0.6) is 11.5 Å². The lowest BCUT2D eigenvalue weighted by atomic mass is 10.1. The molecule has 0 aromatic heterocycles. The van der Waals surface area contributed by atoms with Gasteiger partial charge in [0.1, 0.15) is 6.61 Å². The van der Waals surface area contributed by atoms with Crippen molar-refractivity contribution in [1.29, 1.82) is 0 Å². The van der Waals surface area contributed by atoms with Gasteiger partial charge in [-0.3, -0.25) is 0 Å². The predicted molar refractivity (Wildman–Crippen MR) is 107 cm³/mol. The Kier molecular flexibility index (Phi) is 9.73. The first-order valence-corrected chi connectivity index (χ1v) is 8.81. The van der Waals surface area contributed by atoms with Crippen molar-refractivity contribution in [2.75, 3.05) is 13.2 Å². The van der Waals surface area contributed by atoms with Gasteiger partial charge in [0.15, 0.2) is 11.5 Å². The van der Waals surface area contributed by atoms with Gasteiger partial charge in [0.2, 0.25) is 0 Å². The van der Waals surface area contributed by atoms with Crippen molar-refractivity contribution in [3.8, 4) is 11.5 Å². The number of ether oxygens (including phenoxy) is 2. The topological polar surface area (TPSA) is 30.5 Å². The molecule has 2 rings (SSSR count). The molecule has 0 fully saturated rings. The van der Waals surface area contributed by atoms with Crippen molar-refractivity contribution in [1.82, 2.24) is 5.32 Å². The number of nitrogens with one attached hydrogen (secondary N) is 1. The monoisotopic (exact) mass is 383 g/mol. The van der Waals surface area contributed by atoms with Crippen LogP contribution in [-0.4, -0.2) is 13.2 Å². The number of halogens is 2. The van der Waals surface area contributed by atoms with Gasteiger partial charge >= 0.3 is 0 Å². The molecule has 0 saturated heterocycles. The summed E-state index contributed by atoms with van der Waals surface area (Å²) in [5.41, 5.74) is 2.06. The first-order valence-electron chi connectivity index (χ1n) is 8.43. The third-order valence-electron chi connectivity index (χ3n) is 3.56. The van der Waals surface area contributed by atoms with E-state index in [1.54, 1.807) is 0 Å². The minimum atomic E-state index is 0. The highest BCUT2D eigenvalue weighted by molar-refractivity contribution is 6.31. The Morgan fingerprint density at radius 1 is 1.00 bits per heavy atom. The highest BCUT2D eigenvalue weighted by Gasteiger charge is 2.12. The molecule has 2 aromatic rings. The van der Waals surface area contributed by atoms with Crippen LogP contribution in [0.3, 0.4) is 0 Å². The van der Waals surface area contributed by atoms with E-state index >= 15 is 0 Å². The molecule has 0 amide bonds. The fourth-order valence-corrected chi connectivity index (χ4v) is 2.58. The summed E-state index contributed by atoms with van der Waals surface area (Å²) < 4.78 is 11.8. The minimum Gasteiger partial charge on any atom is -0.490 e. The number of hydrogen-bond donors (Lipinski definition) is 1. The summed E-state index contributed by atoms with van der Waals surface area (Å²) in [6.07, 6.45) is 0. The second-order valence-corrected chi connectivity index (χ2v) is 6.49. The van der Waals surface area contributed by atoms with Gasteiger partial charge in [-0.1, -0.05) is 55.8 Å². The molecule has 0 aliphatic heterocycles. The summed E-state index contributed by atoms with van der Waals surface area (Å²) in [5, 5.41) is 4.17. The van der Waals surface area contributed by atoms with E-state index in [-0.39, 0.29) is 12.4 Å². The molecule has 3 nitrogen and oxygen atoms in total. The molecule has 0 atom stereocenters. The van der Waals surface area contributed by atoms with Crippen molar-refractivity contribution in [2.24, 2.45) is 5.92 Å². The lowest BCUT2D eigenvalue weighted by Crippen LogP contribution is -2.19. The normalized spacial score (nSPS) is 10.4. The van der Waals surface area contributed by atoms with E-state index in [9.17, 15) is 0 Å². The molecule has 0 aliphatic rings.